The Kier molecular flexibility index (Phi) is 9.52. The van der Waals surface area contributed by atoms with Crippen molar-refractivity contribution in [3.63, 3.8) is 0 Å². The Hall–Kier alpha value is -0.980. The monoisotopic (exact) mass is 427 g/mol. The number of carbonyl (C=O) groups excluding carboxylic acids is 1. The fourth-order valence-corrected chi connectivity index (χ4v) is 5.74. The third-order valence-electron chi connectivity index (χ3n) is 7.87. The van der Waals surface area contributed by atoms with Gasteiger partial charge in [-0.15, -0.1) is 0 Å². The number of rotatable bonds is 2. The maximum Gasteiger partial charge on any atom is 0.138 e. The zero-order valence-electron chi connectivity index (χ0n) is 20.5. The summed E-state index contributed by atoms with van der Waals surface area (Å²) in [4.78, 5) is 13.2. The second kappa shape index (κ2) is 10.6. The third kappa shape index (κ3) is 6.04. The van der Waals surface area contributed by atoms with Gasteiger partial charge < -0.3 is 20.2 Å². The van der Waals surface area contributed by atoms with Gasteiger partial charge in [0, 0.05) is 31.3 Å². The third-order valence-corrected chi connectivity index (χ3v) is 7.87. The number of methoxy groups -OCH3 is 1. The van der Waals surface area contributed by atoms with Gasteiger partial charge in [0.15, 0.2) is 0 Å². The second-order valence-corrected chi connectivity index (χ2v) is 10.4. The molecular weight excluding hydrogens is 382 g/mol. The first-order chi connectivity index (χ1) is 13.7. The maximum atomic E-state index is 13.2. The second-order valence-electron chi connectivity index (χ2n) is 10.4. The highest BCUT2D eigenvalue weighted by molar-refractivity contribution is 5.88. The molecule has 0 aliphatic heterocycles. The predicted molar refractivity (Wildman–Crippen MR) is 120 cm³/mol. The van der Waals surface area contributed by atoms with Crippen LogP contribution in [-0.4, -0.2) is 51.3 Å². The van der Waals surface area contributed by atoms with Crippen LogP contribution in [0.25, 0.3) is 0 Å². The first kappa shape index (κ1) is 27.1. The van der Waals surface area contributed by atoms with Gasteiger partial charge >= 0.3 is 0 Å². The van der Waals surface area contributed by atoms with Crippen LogP contribution in [0, 0.1) is 35.5 Å². The lowest BCUT2D eigenvalue weighted by atomic mass is 9.67. The number of Topliss-reactive ketones (excluding diaryl/α,β-unsaturated/α-hetero) is 1. The van der Waals surface area contributed by atoms with E-state index in [2.05, 4.69) is 5.16 Å². The van der Waals surface area contributed by atoms with Crippen LogP contribution in [0.1, 0.15) is 81.1 Å². The van der Waals surface area contributed by atoms with Gasteiger partial charge in [0.1, 0.15) is 5.78 Å². The molecule has 1 fully saturated rings. The van der Waals surface area contributed by atoms with E-state index in [0.717, 1.165) is 0 Å². The standard InChI is InChI=1S/C24H45NO5/c1-10-19-11-20(26)17(5)22(30-9)15(3)13-23(7,27)12-14(2)21(25-29)16(4)18(6)24(19,8)28/h14-19,22,27-29H,10-13H2,1-9H3/b25-21+/t14-,15-,16?,17+,18?,19+,22+,23-,24+/m1/s1. The summed E-state index contributed by atoms with van der Waals surface area (Å²) in [6.07, 6.45) is 1.53. The van der Waals surface area contributed by atoms with Gasteiger partial charge in [0.25, 0.3) is 0 Å². The lowest BCUT2D eigenvalue weighted by Crippen LogP contribution is -2.48. The van der Waals surface area contributed by atoms with Crippen molar-refractivity contribution in [1.82, 2.24) is 0 Å². The number of hydrogen-bond donors (Lipinski definition) is 3. The highest BCUT2D eigenvalue weighted by Crippen LogP contribution is 2.39. The van der Waals surface area contributed by atoms with Crippen molar-refractivity contribution < 1.29 is 25.0 Å². The van der Waals surface area contributed by atoms with Crippen LogP contribution >= 0.6 is 0 Å². The quantitative estimate of drug-likeness (QED) is 0.451. The Bertz CT molecular complexity index is 600. The van der Waals surface area contributed by atoms with Gasteiger partial charge in [-0.05, 0) is 44.4 Å². The van der Waals surface area contributed by atoms with Crippen molar-refractivity contribution in [2.45, 2.75) is 98.4 Å². The molecule has 9 atom stereocenters. The molecule has 6 nitrogen and oxygen atoms in total. The van der Waals surface area contributed by atoms with E-state index >= 15 is 0 Å². The number of hydrogen-bond acceptors (Lipinski definition) is 6. The Balaban J connectivity index is 3.46. The lowest BCUT2D eigenvalue weighted by Gasteiger charge is -2.43. The molecule has 3 N–H and O–H groups in total. The van der Waals surface area contributed by atoms with E-state index in [1.54, 1.807) is 21.0 Å². The number of ketones is 1. The molecule has 0 aromatic carbocycles. The van der Waals surface area contributed by atoms with E-state index in [1.807, 2.05) is 41.5 Å². The fraction of sp³-hybridized carbons (Fsp3) is 0.917. The van der Waals surface area contributed by atoms with Crippen LogP contribution < -0.4 is 0 Å². The van der Waals surface area contributed by atoms with Crippen LogP contribution in [0.5, 0.6) is 0 Å². The van der Waals surface area contributed by atoms with Gasteiger partial charge in [-0.1, -0.05) is 53.1 Å². The van der Waals surface area contributed by atoms with Crippen molar-refractivity contribution in [2.75, 3.05) is 7.11 Å². The molecule has 0 radical (unpaired) electrons. The van der Waals surface area contributed by atoms with Crippen LogP contribution in [0.3, 0.4) is 0 Å². The summed E-state index contributed by atoms with van der Waals surface area (Å²) in [7, 11) is 1.61. The van der Waals surface area contributed by atoms with E-state index in [9.17, 15) is 20.2 Å². The SMILES string of the molecule is CC[C@H]1CC(=O)[C@H](C)[C@@H](OC)[C@H](C)C[C@](C)(O)C[C@@H](C)/C(=N\O)C(C)C(C)[C@]1(C)O. The minimum absolute atomic E-state index is 0.0365. The van der Waals surface area contributed by atoms with E-state index < -0.39 is 11.2 Å². The molecule has 0 saturated heterocycles. The van der Waals surface area contributed by atoms with Gasteiger partial charge in [-0.3, -0.25) is 4.79 Å². The average Bonchev–Trinajstić information content (AvgIpc) is 2.64. The smallest absolute Gasteiger partial charge is 0.138 e. The highest BCUT2D eigenvalue weighted by Gasteiger charge is 2.44. The molecule has 1 rings (SSSR count). The maximum absolute atomic E-state index is 13.2. The first-order valence-corrected chi connectivity index (χ1v) is 11.4. The highest BCUT2D eigenvalue weighted by atomic mass is 16.5. The molecule has 0 aromatic rings. The molecule has 176 valence electrons. The van der Waals surface area contributed by atoms with Gasteiger partial charge in [0.2, 0.25) is 0 Å². The molecule has 1 aliphatic rings. The predicted octanol–water partition coefficient (Wildman–Crippen LogP) is 4.29. The average molecular weight is 428 g/mol. The minimum Gasteiger partial charge on any atom is -0.411 e. The van der Waals surface area contributed by atoms with Crippen molar-refractivity contribution >= 4 is 11.5 Å². The molecule has 0 aromatic heterocycles. The summed E-state index contributed by atoms with van der Waals surface area (Å²) < 4.78 is 5.71. The number of ether oxygens (including phenoxy) is 1. The molecule has 0 heterocycles. The summed E-state index contributed by atoms with van der Waals surface area (Å²) in [5.41, 5.74) is -1.54. The van der Waals surface area contributed by atoms with Crippen LogP contribution in [0.4, 0.5) is 0 Å². The van der Waals surface area contributed by atoms with E-state index in [4.69, 9.17) is 4.74 Å². The van der Waals surface area contributed by atoms with Crippen molar-refractivity contribution in [2.24, 2.45) is 40.7 Å². The number of aliphatic hydroxyl groups is 2. The van der Waals surface area contributed by atoms with Gasteiger partial charge in [0.05, 0.1) is 23.0 Å². The van der Waals surface area contributed by atoms with Crippen molar-refractivity contribution in [1.29, 1.82) is 0 Å². The van der Waals surface area contributed by atoms with Crippen LogP contribution in [0.2, 0.25) is 0 Å². The summed E-state index contributed by atoms with van der Waals surface area (Å²) >= 11 is 0. The Morgan fingerprint density at radius 3 is 2.10 bits per heavy atom. The van der Waals surface area contributed by atoms with Crippen molar-refractivity contribution in [3.05, 3.63) is 0 Å². The van der Waals surface area contributed by atoms with Crippen LogP contribution in [-0.2, 0) is 9.53 Å². The normalized spacial score (nSPS) is 46.6. The number of oxime groups is 1. The zero-order chi connectivity index (χ0) is 23.4. The van der Waals surface area contributed by atoms with Gasteiger partial charge in [-0.25, -0.2) is 0 Å². The van der Waals surface area contributed by atoms with Crippen molar-refractivity contribution in [3.8, 4) is 0 Å². The Morgan fingerprint density at radius 1 is 1.07 bits per heavy atom. The number of carbonyl (C=O) groups is 1. The fourth-order valence-electron chi connectivity index (χ4n) is 5.74. The molecule has 0 amide bonds. The van der Waals surface area contributed by atoms with Gasteiger partial charge in [-0.2, -0.15) is 0 Å². The zero-order valence-corrected chi connectivity index (χ0v) is 20.5. The topological polar surface area (TPSA) is 99.4 Å². The lowest BCUT2D eigenvalue weighted by molar-refractivity contribution is -0.135. The van der Waals surface area contributed by atoms with Crippen LogP contribution in [0.15, 0.2) is 5.16 Å². The molecule has 0 spiro atoms. The summed E-state index contributed by atoms with van der Waals surface area (Å²) in [6, 6.07) is 0. The Morgan fingerprint density at radius 2 is 1.63 bits per heavy atom. The molecule has 2 unspecified atom stereocenters. The molecule has 0 bridgehead atoms. The first-order valence-electron chi connectivity index (χ1n) is 11.4. The summed E-state index contributed by atoms with van der Waals surface area (Å²) in [6.45, 7) is 15.3. The van der Waals surface area contributed by atoms with E-state index in [1.165, 1.54) is 0 Å². The minimum atomic E-state index is -1.11. The summed E-state index contributed by atoms with van der Waals surface area (Å²) in [5, 5.41) is 36.0. The summed E-state index contributed by atoms with van der Waals surface area (Å²) in [5.74, 6) is -1.10. The molecular formula is C24H45NO5. The largest absolute Gasteiger partial charge is 0.411 e. The molecule has 6 heteroatoms. The van der Waals surface area contributed by atoms with E-state index in [0.29, 0.717) is 25.0 Å². The Labute approximate surface area is 183 Å². The van der Waals surface area contributed by atoms with E-state index in [-0.39, 0.29) is 53.8 Å². The number of nitrogens with zero attached hydrogens (tertiary/aromatic N) is 1. The molecule has 30 heavy (non-hydrogen) atoms. The molecule has 1 saturated carbocycles. The molecule has 1 aliphatic carbocycles.